The van der Waals surface area contributed by atoms with Gasteiger partial charge in [-0.25, -0.2) is 0 Å². The molecule has 0 aromatic carbocycles. The molecule has 1 aliphatic rings. The van der Waals surface area contributed by atoms with E-state index in [1.165, 1.54) is 0 Å². The Labute approximate surface area is 80.4 Å². The molecule has 0 aromatic rings. The number of hydrogen-bond donors (Lipinski definition) is 1. The van der Waals surface area contributed by atoms with Crippen LogP contribution in [0.4, 0.5) is 0 Å². The van der Waals surface area contributed by atoms with E-state index in [1.54, 1.807) is 6.92 Å². The molecule has 0 amide bonds. The fourth-order valence-corrected chi connectivity index (χ4v) is 1.87. The van der Waals surface area contributed by atoms with Crippen LogP contribution in [0.2, 0.25) is 0 Å². The first-order valence-corrected chi connectivity index (χ1v) is 5.12. The first-order chi connectivity index (χ1) is 6.15. The lowest BCUT2D eigenvalue weighted by atomic mass is 10.0. The molecule has 74 valence electrons. The van der Waals surface area contributed by atoms with E-state index >= 15 is 0 Å². The molecule has 0 saturated heterocycles. The summed E-state index contributed by atoms with van der Waals surface area (Å²) in [6.45, 7) is 5.96. The zero-order chi connectivity index (χ0) is 9.84. The van der Waals surface area contributed by atoms with Gasteiger partial charge in [0.25, 0.3) is 0 Å². The maximum absolute atomic E-state index is 11.3. The average Bonchev–Trinajstić information content (AvgIpc) is 2.26. The summed E-state index contributed by atoms with van der Waals surface area (Å²) in [5.74, 6) is 0.216. The maximum Gasteiger partial charge on any atom is 0.157 e. The first kappa shape index (κ1) is 10.5. The molecule has 1 rings (SSSR count). The van der Waals surface area contributed by atoms with Crippen molar-refractivity contribution in [2.24, 2.45) is 0 Å². The lowest BCUT2D eigenvalue weighted by molar-refractivity contribution is -0.113. The van der Waals surface area contributed by atoms with E-state index in [-0.39, 0.29) is 11.8 Å². The summed E-state index contributed by atoms with van der Waals surface area (Å²) >= 11 is 0. The molecular formula is C11H19NO. The monoisotopic (exact) mass is 181 g/mol. The quantitative estimate of drug-likeness (QED) is 0.706. The summed E-state index contributed by atoms with van der Waals surface area (Å²) in [5, 5.41) is 3.47. The third-order valence-electron chi connectivity index (χ3n) is 2.64. The molecule has 2 atom stereocenters. The van der Waals surface area contributed by atoms with Crippen LogP contribution in [0.1, 0.15) is 40.0 Å². The fraction of sp³-hybridized carbons (Fsp3) is 0.727. The molecule has 0 radical (unpaired) electrons. The van der Waals surface area contributed by atoms with Gasteiger partial charge >= 0.3 is 0 Å². The van der Waals surface area contributed by atoms with Crippen molar-refractivity contribution in [3.8, 4) is 0 Å². The highest BCUT2D eigenvalue weighted by Crippen LogP contribution is 2.16. The van der Waals surface area contributed by atoms with Crippen LogP contribution in [0.5, 0.6) is 0 Å². The summed E-state index contributed by atoms with van der Waals surface area (Å²) in [4.78, 5) is 11.3. The number of allylic oxidation sites excluding steroid dienone is 1. The minimum atomic E-state index is 0.216. The Morgan fingerprint density at radius 1 is 1.69 bits per heavy atom. The van der Waals surface area contributed by atoms with Crippen molar-refractivity contribution < 1.29 is 4.79 Å². The Morgan fingerprint density at radius 2 is 2.38 bits per heavy atom. The molecule has 2 heteroatoms. The molecule has 0 aliphatic carbocycles. The largest absolute Gasteiger partial charge is 0.307 e. The second-order valence-electron chi connectivity index (χ2n) is 3.82. The summed E-state index contributed by atoms with van der Waals surface area (Å²) in [6.07, 6.45) is 5.26. The van der Waals surface area contributed by atoms with Gasteiger partial charge in [0.2, 0.25) is 0 Å². The molecule has 1 N–H and O–H groups in total. The van der Waals surface area contributed by atoms with Gasteiger partial charge in [-0.05, 0) is 33.1 Å². The highest BCUT2D eigenvalue weighted by molar-refractivity contribution is 5.94. The van der Waals surface area contributed by atoms with Crippen molar-refractivity contribution in [1.82, 2.24) is 5.32 Å². The van der Waals surface area contributed by atoms with Gasteiger partial charge in [0.05, 0.1) is 0 Å². The van der Waals surface area contributed by atoms with Gasteiger partial charge in [0, 0.05) is 17.7 Å². The van der Waals surface area contributed by atoms with Gasteiger partial charge in [-0.2, -0.15) is 0 Å². The van der Waals surface area contributed by atoms with Crippen molar-refractivity contribution in [3.63, 3.8) is 0 Å². The van der Waals surface area contributed by atoms with Crippen LogP contribution in [-0.2, 0) is 4.79 Å². The molecule has 2 nitrogen and oxygen atoms in total. The van der Waals surface area contributed by atoms with E-state index in [2.05, 4.69) is 25.2 Å². The van der Waals surface area contributed by atoms with Gasteiger partial charge in [-0.15, -0.1) is 0 Å². The highest BCUT2D eigenvalue weighted by atomic mass is 16.1. The van der Waals surface area contributed by atoms with E-state index in [0.29, 0.717) is 6.04 Å². The molecule has 0 fully saturated rings. The van der Waals surface area contributed by atoms with E-state index in [1.807, 2.05) is 0 Å². The third-order valence-corrected chi connectivity index (χ3v) is 2.64. The Balaban J connectivity index is 2.77. The van der Waals surface area contributed by atoms with Crippen molar-refractivity contribution in [2.45, 2.75) is 52.1 Å². The highest BCUT2D eigenvalue weighted by Gasteiger charge is 2.20. The lowest BCUT2D eigenvalue weighted by Crippen LogP contribution is -2.37. The normalized spacial score (nSPS) is 29.3. The molecule has 1 unspecified atom stereocenters. The van der Waals surface area contributed by atoms with Gasteiger partial charge in [-0.1, -0.05) is 13.0 Å². The Bertz CT molecular complexity index is 220. The minimum absolute atomic E-state index is 0.216. The Kier molecular flexibility index (Phi) is 3.67. The fourth-order valence-electron chi connectivity index (χ4n) is 1.87. The van der Waals surface area contributed by atoms with Crippen LogP contribution in [0.25, 0.3) is 0 Å². The predicted octanol–water partition coefficient (Wildman–Crippen LogP) is 2.05. The number of nitrogens with one attached hydrogen (secondary N) is 1. The zero-order valence-electron chi connectivity index (χ0n) is 8.76. The average molecular weight is 181 g/mol. The summed E-state index contributed by atoms with van der Waals surface area (Å²) in [5.41, 5.74) is 0.979. The molecular weight excluding hydrogens is 162 g/mol. The maximum atomic E-state index is 11.3. The van der Waals surface area contributed by atoms with E-state index < -0.39 is 0 Å². The smallest absolute Gasteiger partial charge is 0.157 e. The SMILES string of the molecule is CCC1N[C@H](C)CCC=C1C(C)=O. The Hall–Kier alpha value is -0.630. The number of rotatable bonds is 2. The van der Waals surface area contributed by atoms with Gasteiger partial charge in [0.1, 0.15) is 0 Å². The number of Topliss-reactive ketones (excluding diaryl/α,β-unsaturated/α-hetero) is 1. The summed E-state index contributed by atoms with van der Waals surface area (Å²) in [6, 6.07) is 0.799. The van der Waals surface area contributed by atoms with Crippen molar-refractivity contribution >= 4 is 5.78 Å². The second kappa shape index (κ2) is 4.56. The van der Waals surface area contributed by atoms with E-state index in [4.69, 9.17) is 0 Å². The number of ketones is 1. The van der Waals surface area contributed by atoms with Crippen molar-refractivity contribution in [1.29, 1.82) is 0 Å². The number of carbonyl (C=O) groups is 1. The van der Waals surface area contributed by atoms with E-state index in [0.717, 1.165) is 24.8 Å². The summed E-state index contributed by atoms with van der Waals surface area (Å²) in [7, 11) is 0. The summed E-state index contributed by atoms with van der Waals surface area (Å²) < 4.78 is 0. The van der Waals surface area contributed by atoms with Crippen LogP contribution in [-0.4, -0.2) is 17.9 Å². The molecule has 0 bridgehead atoms. The predicted molar refractivity (Wildman–Crippen MR) is 54.7 cm³/mol. The molecule has 1 aliphatic heterocycles. The van der Waals surface area contributed by atoms with Crippen LogP contribution >= 0.6 is 0 Å². The third kappa shape index (κ3) is 2.66. The van der Waals surface area contributed by atoms with Crippen molar-refractivity contribution in [3.05, 3.63) is 11.6 Å². The van der Waals surface area contributed by atoms with Crippen LogP contribution in [0, 0.1) is 0 Å². The first-order valence-electron chi connectivity index (χ1n) is 5.12. The van der Waals surface area contributed by atoms with Gasteiger partial charge < -0.3 is 5.32 Å². The molecule has 0 spiro atoms. The Morgan fingerprint density at radius 3 is 2.92 bits per heavy atom. The zero-order valence-corrected chi connectivity index (χ0v) is 8.76. The van der Waals surface area contributed by atoms with Gasteiger partial charge in [-0.3, -0.25) is 4.79 Å². The number of carbonyl (C=O) groups excluding carboxylic acids is 1. The van der Waals surface area contributed by atoms with Crippen LogP contribution in [0.3, 0.4) is 0 Å². The molecule has 13 heavy (non-hydrogen) atoms. The number of hydrogen-bond acceptors (Lipinski definition) is 2. The molecule has 0 aromatic heterocycles. The molecule has 0 saturated carbocycles. The second-order valence-corrected chi connectivity index (χ2v) is 3.82. The van der Waals surface area contributed by atoms with Crippen LogP contribution < -0.4 is 5.32 Å². The standard InChI is InChI=1S/C11H19NO/c1-4-11-10(9(3)13)7-5-6-8(2)12-11/h7-8,11-12H,4-6H2,1-3H3/t8-,11?/m1/s1. The van der Waals surface area contributed by atoms with Crippen LogP contribution in [0.15, 0.2) is 11.6 Å². The topological polar surface area (TPSA) is 29.1 Å². The van der Waals surface area contributed by atoms with Crippen molar-refractivity contribution in [2.75, 3.05) is 0 Å². The lowest BCUT2D eigenvalue weighted by Gasteiger charge is -2.20. The minimum Gasteiger partial charge on any atom is -0.307 e. The van der Waals surface area contributed by atoms with Gasteiger partial charge in [0.15, 0.2) is 5.78 Å². The molecule has 1 heterocycles. The van der Waals surface area contributed by atoms with E-state index in [9.17, 15) is 4.79 Å².